The topological polar surface area (TPSA) is 58.6 Å². The molecule has 0 aliphatic carbocycles. The molecule has 0 saturated carbocycles. The highest BCUT2D eigenvalue weighted by Gasteiger charge is 2.11. The van der Waals surface area contributed by atoms with Gasteiger partial charge in [0.25, 0.3) is 5.91 Å². The summed E-state index contributed by atoms with van der Waals surface area (Å²) in [6.07, 6.45) is 1.07. The Hall–Kier alpha value is -2.82. The average molecular weight is 354 g/mol. The zero-order valence-corrected chi connectivity index (χ0v) is 15.8. The predicted octanol–water partition coefficient (Wildman–Crippen LogP) is 4.06. The van der Waals surface area contributed by atoms with E-state index in [1.54, 1.807) is 12.1 Å². The fraction of sp³-hybridized carbons (Fsp3) is 0.333. The van der Waals surface area contributed by atoms with Crippen LogP contribution in [0.5, 0.6) is 0 Å². The second-order valence-corrected chi connectivity index (χ2v) is 6.50. The van der Waals surface area contributed by atoms with Crippen molar-refractivity contribution in [3.8, 4) is 0 Å². The molecule has 2 aromatic rings. The van der Waals surface area contributed by atoms with Crippen LogP contribution in [0.4, 0.5) is 11.4 Å². The molecule has 1 atom stereocenters. The summed E-state index contributed by atoms with van der Waals surface area (Å²) < 4.78 is 5.08. The summed E-state index contributed by atoms with van der Waals surface area (Å²) in [5.74, 6) is -0.392. The fourth-order valence-corrected chi connectivity index (χ4v) is 2.44. The van der Waals surface area contributed by atoms with Crippen LogP contribution in [0.3, 0.4) is 0 Å². The zero-order chi connectivity index (χ0) is 19.1. The first-order chi connectivity index (χ1) is 12.4. The standard InChI is InChI=1S/C21H26N2O3/c1-5-15(2)16-6-10-18(11-7-16)22-20(24)14-26-21(25)17-8-12-19(13-9-17)23(3)4/h6-13,15H,5,14H2,1-4H3,(H,22,24)/t15-/m1/s1. The molecule has 1 N–H and O–H groups in total. The number of nitrogens with one attached hydrogen (secondary N) is 1. The maximum absolute atomic E-state index is 12.0. The Morgan fingerprint density at radius 1 is 1.04 bits per heavy atom. The quantitative estimate of drug-likeness (QED) is 0.762. The predicted molar refractivity (Wildman–Crippen MR) is 105 cm³/mol. The Morgan fingerprint density at radius 3 is 2.19 bits per heavy atom. The zero-order valence-electron chi connectivity index (χ0n) is 15.8. The van der Waals surface area contributed by atoms with Crippen LogP contribution in [-0.4, -0.2) is 32.6 Å². The van der Waals surface area contributed by atoms with Gasteiger partial charge in [-0.15, -0.1) is 0 Å². The molecule has 0 fully saturated rings. The van der Waals surface area contributed by atoms with Gasteiger partial charge in [-0.2, -0.15) is 0 Å². The van der Waals surface area contributed by atoms with Crippen molar-refractivity contribution < 1.29 is 14.3 Å². The maximum Gasteiger partial charge on any atom is 0.338 e. The number of hydrogen-bond acceptors (Lipinski definition) is 4. The number of amides is 1. The van der Waals surface area contributed by atoms with Crippen LogP contribution >= 0.6 is 0 Å². The number of benzene rings is 2. The third-order valence-corrected chi connectivity index (χ3v) is 4.33. The number of rotatable bonds is 7. The number of hydrogen-bond donors (Lipinski definition) is 1. The number of carbonyl (C=O) groups is 2. The maximum atomic E-state index is 12.0. The van der Waals surface area contributed by atoms with E-state index in [1.807, 2.05) is 55.4 Å². The van der Waals surface area contributed by atoms with E-state index in [0.29, 0.717) is 17.2 Å². The minimum Gasteiger partial charge on any atom is -0.452 e. The van der Waals surface area contributed by atoms with Crippen LogP contribution in [0, 0.1) is 0 Å². The van der Waals surface area contributed by atoms with E-state index >= 15 is 0 Å². The molecule has 2 aromatic carbocycles. The van der Waals surface area contributed by atoms with Crippen molar-refractivity contribution in [3.05, 3.63) is 59.7 Å². The smallest absolute Gasteiger partial charge is 0.338 e. The summed E-state index contributed by atoms with van der Waals surface area (Å²) in [6, 6.07) is 14.8. The van der Waals surface area contributed by atoms with Gasteiger partial charge in [-0.25, -0.2) is 4.79 Å². The Bertz CT molecular complexity index is 737. The second-order valence-electron chi connectivity index (χ2n) is 6.50. The Balaban J connectivity index is 1.85. The number of anilines is 2. The van der Waals surface area contributed by atoms with Gasteiger partial charge in [0.1, 0.15) is 0 Å². The number of nitrogens with zero attached hydrogens (tertiary/aromatic N) is 1. The third kappa shape index (κ3) is 5.34. The van der Waals surface area contributed by atoms with Gasteiger partial charge in [0.05, 0.1) is 5.56 Å². The van der Waals surface area contributed by atoms with Gasteiger partial charge < -0.3 is 15.0 Å². The van der Waals surface area contributed by atoms with E-state index in [9.17, 15) is 9.59 Å². The second kappa shape index (κ2) is 9.04. The summed E-state index contributed by atoms with van der Waals surface area (Å²) in [7, 11) is 3.85. The van der Waals surface area contributed by atoms with Gasteiger partial charge in [-0.1, -0.05) is 26.0 Å². The lowest BCUT2D eigenvalue weighted by Gasteiger charge is -2.12. The highest BCUT2D eigenvalue weighted by molar-refractivity contribution is 5.95. The molecule has 0 spiro atoms. The number of ether oxygens (including phenoxy) is 1. The molecular formula is C21H26N2O3. The molecule has 0 bridgehead atoms. The monoisotopic (exact) mass is 354 g/mol. The van der Waals surface area contributed by atoms with Gasteiger partial charge >= 0.3 is 5.97 Å². The van der Waals surface area contributed by atoms with Gasteiger partial charge in [-0.3, -0.25) is 4.79 Å². The van der Waals surface area contributed by atoms with Gasteiger partial charge in [0.15, 0.2) is 6.61 Å². The lowest BCUT2D eigenvalue weighted by Crippen LogP contribution is -2.21. The molecule has 26 heavy (non-hydrogen) atoms. The minimum absolute atomic E-state index is 0.318. The molecule has 1 amide bonds. The molecule has 0 aliphatic heterocycles. The van der Waals surface area contributed by atoms with Gasteiger partial charge in [0.2, 0.25) is 0 Å². The normalized spacial score (nSPS) is 11.5. The van der Waals surface area contributed by atoms with Crippen molar-refractivity contribution >= 4 is 23.3 Å². The molecule has 5 heteroatoms. The largest absolute Gasteiger partial charge is 0.452 e. The lowest BCUT2D eigenvalue weighted by molar-refractivity contribution is -0.119. The Labute approximate surface area is 155 Å². The summed E-state index contributed by atoms with van der Waals surface area (Å²) >= 11 is 0. The van der Waals surface area contributed by atoms with Crippen molar-refractivity contribution in [2.75, 3.05) is 30.9 Å². The van der Waals surface area contributed by atoms with E-state index < -0.39 is 5.97 Å². The molecule has 0 radical (unpaired) electrons. The van der Waals surface area contributed by atoms with Crippen LogP contribution in [0.25, 0.3) is 0 Å². The van der Waals surface area contributed by atoms with Crippen molar-refractivity contribution in [2.45, 2.75) is 26.2 Å². The Kier molecular flexibility index (Phi) is 6.78. The first kappa shape index (κ1) is 19.5. The third-order valence-electron chi connectivity index (χ3n) is 4.33. The summed E-state index contributed by atoms with van der Waals surface area (Å²) in [5.41, 5.74) is 3.33. The van der Waals surface area contributed by atoms with Crippen molar-refractivity contribution in [3.63, 3.8) is 0 Å². The van der Waals surface area contributed by atoms with E-state index in [1.165, 1.54) is 5.56 Å². The van der Waals surface area contributed by atoms with E-state index in [0.717, 1.165) is 12.1 Å². The van der Waals surface area contributed by atoms with E-state index in [-0.39, 0.29) is 12.5 Å². The summed E-state index contributed by atoms with van der Waals surface area (Å²) in [5, 5.41) is 2.73. The summed E-state index contributed by atoms with van der Waals surface area (Å²) in [6.45, 7) is 3.99. The molecular weight excluding hydrogens is 328 g/mol. The van der Waals surface area contributed by atoms with Crippen LogP contribution in [0.2, 0.25) is 0 Å². The van der Waals surface area contributed by atoms with Crippen molar-refractivity contribution in [2.24, 2.45) is 0 Å². The molecule has 5 nitrogen and oxygen atoms in total. The van der Waals surface area contributed by atoms with Crippen molar-refractivity contribution in [1.82, 2.24) is 0 Å². The highest BCUT2D eigenvalue weighted by atomic mass is 16.5. The van der Waals surface area contributed by atoms with E-state index in [2.05, 4.69) is 19.2 Å². The SMILES string of the molecule is CC[C@@H](C)c1ccc(NC(=O)COC(=O)c2ccc(N(C)C)cc2)cc1. The minimum atomic E-state index is -0.516. The van der Waals surface area contributed by atoms with E-state index in [4.69, 9.17) is 4.74 Å². The highest BCUT2D eigenvalue weighted by Crippen LogP contribution is 2.20. The number of carbonyl (C=O) groups excluding carboxylic acids is 2. The van der Waals surface area contributed by atoms with Gasteiger partial charge in [-0.05, 0) is 54.3 Å². The van der Waals surface area contributed by atoms with Crippen LogP contribution in [0.1, 0.15) is 42.1 Å². The summed E-state index contributed by atoms with van der Waals surface area (Å²) in [4.78, 5) is 25.9. The average Bonchev–Trinajstić information content (AvgIpc) is 2.66. The molecule has 0 unspecified atom stereocenters. The lowest BCUT2D eigenvalue weighted by atomic mass is 9.99. The Morgan fingerprint density at radius 2 is 1.65 bits per heavy atom. The number of esters is 1. The van der Waals surface area contributed by atoms with Crippen LogP contribution in [-0.2, 0) is 9.53 Å². The fourth-order valence-electron chi connectivity index (χ4n) is 2.44. The van der Waals surface area contributed by atoms with Crippen LogP contribution < -0.4 is 10.2 Å². The molecule has 0 aliphatic rings. The van der Waals surface area contributed by atoms with Crippen LogP contribution in [0.15, 0.2) is 48.5 Å². The first-order valence-corrected chi connectivity index (χ1v) is 8.75. The molecule has 0 saturated heterocycles. The van der Waals surface area contributed by atoms with Gasteiger partial charge in [0, 0.05) is 25.5 Å². The van der Waals surface area contributed by atoms with Crippen molar-refractivity contribution in [1.29, 1.82) is 0 Å². The first-order valence-electron chi connectivity index (χ1n) is 8.75. The molecule has 0 heterocycles. The molecule has 138 valence electrons. The molecule has 2 rings (SSSR count). The molecule has 0 aromatic heterocycles.